The van der Waals surface area contributed by atoms with Crippen LogP contribution in [0, 0.1) is 4.91 Å². The Kier molecular flexibility index (Phi) is 3.04. The minimum absolute atomic E-state index is 0.463. The van der Waals surface area contributed by atoms with E-state index in [0.717, 1.165) is 6.07 Å². The summed E-state index contributed by atoms with van der Waals surface area (Å²) in [5.41, 5.74) is -0.463. The molecule has 0 aliphatic heterocycles. The average Bonchev–Trinajstić information content (AvgIpc) is 2.08. The molecule has 1 aromatic rings. The van der Waals surface area contributed by atoms with Gasteiger partial charge in [-0.2, -0.15) is 0 Å². The Morgan fingerprint density at radius 1 is 1.40 bits per heavy atom. The maximum atomic E-state index is 11.8. The minimum atomic E-state index is -4.92. The molecule has 1 aromatic carbocycles. The first kappa shape index (κ1) is 11.6. The molecule has 0 aliphatic carbocycles. The summed E-state index contributed by atoms with van der Waals surface area (Å²) >= 11 is 5.35. The fourth-order valence-electron chi connectivity index (χ4n) is 0.808. The fraction of sp³-hybridized carbons (Fsp3) is 0.143. The Bertz CT molecular complexity index is 394. The molecular formula is C7H3ClF3NO3. The lowest BCUT2D eigenvalue weighted by atomic mass is 10.3. The molecule has 0 aromatic heterocycles. The second-order valence-electron chi connectivity index (χ2n) is 2.41. The van der Waals surface area contributed by atoms with Crippen LogP contribution < -0.4 is 4.74 Å². The van der Waals surface area contributed by atoms with Gasteiger partial charge in [-0.1, -0.05) is 11.6 Å². The quantitative estimate of drug-likeness (QED) is 0.808. The maximum Gasteiger partial charge on any atom is 0.573 e. The molecule has 8 heteroatoms. The molecule has 0 unspecified atom stereocenters. The minimum Gasteiger partial charge on any atom is -0.505 e. The Hall–Kier alpha value is -1.50. The number of hydrogen-bond donors (Lipinski definition) is 1. The van der Waals surface area contributed by atoms with E-state index < -0.39 is 28.6 Å². The molecule has 0 amide bonds. The zero-order valence-corrected chi connectivity index (χ0v) is 7.63. The lowest BCUT2D eigenvalue weighted by Gasteiger charge is -2.10. The lowest BCUT2D eigenvalue weighted by Crippen LogP contribution is -2.17. The summed E-state index contributed by atoms with van der Waals surface area (Å²) in [5.74, 6) is -1.54. The van der Waals surface area contributed by atoms with Gasteiger partial charge in [0, 0.05) is 6.07 Å². The van der Waals surface area contributed by atoms with E-state index in [1.807, 2.05) is 0 Å². The van der Waals surface area contributed by atoms with Crippen molar-refractivity contribution < 1.29 is 23.0 Å². The molecule has 1 rings (SSSR count). The van der Waals surface area contributed by atoms with Crippen molar-refractivity contribution in [3.05, 3.63) is 22.1 Å². The second kappa shape index (κ2) is 3.93. The molecule has 4 nitrogen and oxygen atoms in total. The number of benzene rings is 1. The summed E-state index contributed by atoms with van der Waals surface area (Å²) in [5, 5.41) is 10.9. The summed E-state index contributed by atoms with van der Waals surface area (Å²) in [6.07, 6.45) is -4.92. The summed E-state index contributed by atoms with van der Waals surface area (Å²) in [7, 11) is 0. The van der Waals surface area contributed by atoms with Crippen molar-refractivity contribution >= 4 is 17.3 Å². The molecule has 0 saturated carbocycles. The smallest absolute Gasteiger partial charge is 0.505 e. The first-order valence-corrected chi connectivity index (χ1v) is 3.83. The normalized spacial score (nSPS) is 11.2. The molecule has 0 atom stereocenters. The van der Waals surface area contributed by atoms with Crippen molar-refractivity contribution in [3.8, 4) is 11.5 Å². The van der Waals surface area contributed by atoms with E-state index >= 15 is 0 Å². The van der Waals surface area contributed by atoms with Gasteiger partial charge in [0.1, 0.15) is 5.75 Å². The highest BCUT2D eigenvalue weighted by Gasteiger charge is 2.32. The number of ether oxygens (including phenoxy) is 1. The van der Waals surface area contributed by atoms with Crippen LogP contribution in [-0.2, 0) is 0 Å². The van der Waals surface area contributed by atoms with Crippen LogP contribution in [0.3, 0.4) is 0 Å². The number of alkyl halides is 3. The van der Waals surface area contributed by atoms with Crippen LogP contribution in [-0.4, -0.2) is 11.5 Å². The van der Waals surface area contributed by atoms with Gasteiger partial charge in [-0.3, -0.25) is 0 Å². The number of nitroso groups, excluding NO2 is 1. The molecule has 0 saturated heterocycles. The largest absolute Gasteiger partial charge is 0.573 e. The van der Waals surface area contributed by atoms with Crippen molar-refractivity contribution in [2.45, 2.75) is 6.36 Å². The van der Waals surface area contributed by atoms with Gasteiger partial charge >= 0.3 is 6.36 Å². The Balaban J connectivity index is 3.11. The number of halogens is 4. The molecule has 0 bridgehead atoms. The average molecular weight is 242 g/mol. The van der Waals surface area contributed by atoms with Crippen molar-refractivity contribution in [3.63, 3.8) is 0 Å². The van der Waals surface area contributed by atoms with Gasteiger partial charge in [0.25, 0.3) is 0 Å². The van der Waals surface area contributed by atoms with Gasteiger partial charge in [-0.05, 0) is 11.2 Å². The van der Waals surface area contributed by atoms with E-state index in [2.05, 4.69) is 9.91 Å². The summed E-state index contributed by atoms with van der Waals surface area (Å²) in [4.78, 5) is 10.0. The van der Waals surface area contributed by atoms with Crippen LogP contribution in [0.15, 0.2) is 17.3 Å². The van der Waals surface area contributed by atoms with Crippen LogP contribution in [0.1, 0.15) is 0 Å². The number of phenolic OH excluding ortho intramolecular Hbond substituents is 1. The van der Waals surface area contributed by atoms with Gasteiger partial charge in [0.05, 0.1) is 5.02 Å². The highest BCUT2D eigenvalue weighted by Crippen LogP contribution is 2.38. The zero-order chi connectivity index (χ0) is 11.6. The third-order valence-corrected chi connectivity index (χ3v) is 1.65. The topological polar surface area (TPSA) is 58.9 Å². The van der Waals surface area contributed by atoms with Gasteiger partial charge < -0.3 is 9.84 Å². The molecule has 82 valence electrons. The zero-order valence-electron chi connectivity index (χ0n) is 6.88. The van der Waals surface area contributed by atoms with Crippen molar-refractivity contribution in [2.24, 2.45) is 5.18 Å². The number of hydrogen-bond acceptors (Lipinski definition) is 4. The summed E-state index contributed by atoms with van der Waals surface area (Å²) in [6.45, 7) is 0. The molecule has 1 N–H and O–H groups in total. The first-order valence-electron chi connectivity index (χ1n) is 3.45. The van der Waals surface area contributed by atoms with Gasteiger partial charge in [-0.15, -0.1) is 18.1 Å². The predicted molar refractivity (Wildman–Crippen MR) is 45.3 cm³/mol. The van der Waals surface area contributed by atoms with Crippen molar-refractivity contribution in [1.82, 2.24) is 0 Å². The van der Waals surface area contributed by atoms with Gasteiger partial charge in [-0.25, -0.2) is 0 Å². The molecule has 0 aliphatic rings. The van der Waals surface area contributed by atoms with E-state index in [4.69, 9.17) is 16.7 Å². The lowest BCUT2D eigenvalue weighted by molar-refractivity contribution is -0.274. The Labute approximate surface area is 86.2 Å². The standard InChI is InChI=1S/C7H3ClF3NO3/c8-3-1-4(12-14)5(13)2-6(3)15-7(9,10)11/h1-2,13H. The van der Waals surface area contributed by atoms with Crippen LogP contribution in [0.5, 0.6) is 11.5 Å². The van der Waals surface area contributed by atoms with E-state index in [1.54, 1.807) is 0 Å². The SMILES string of the molecule is O=Nc1cc(Cl)c(OC(F)(F)F)cc1O. The number of rotatable bonds is 2. The Morgan fingerprint density at radius 3 is 2.47 bits per heavy atom. The van der Waals surface area contributed by atoms with Crippen molar-refractivity contribution in [2.75, 3.05) is 0 Å². The molecule has 0 heterocycles. The van der Waals surface area contributed by atoms with E-state index in [9.17, 15) is 18.1 Å². The third-order valence-electron chi connectivity index (χ3n) is 1.35. The monoisotopic (exact) mass is 241 g/mol. The number of nitrogens with zero attached hydrogens (tertiary/aromatic N) is 1. The molecule has 15 heavy (non-hydrogen) atoms. The molecular weight excluding hydrogens is 239 g/mol. The molecule has 0 spiro atoms. The second-order valence-corrected chi connectivity index (χ2v) is 2.82. The summed E-state index contributed by atoms with van der Waals surface area (Å²) in [6, 6.07) is 1.33. The third kappa shape index (κ3) is 2.98. The van der Waals surface area contributed by atoms with Gasteiger partial charge in [0.2, 0.25) is 0 Å². The predicted octanol–water partition coefficient (Wildman–Crippen LogP) is 3.34. The van der Waals surface area contributed by atoms with Crippen LogP contribution >= 0.6 is 11.6 Å². The fourth-order valence-corrected chi connectivity index (χ4v) is 1.00. The maximum absolute atomic E-state index is 11.8. The van der Waals surface area contributed by atoms with Crippen LogP contribution in [0.4, 0.5) is 18.9 Å². The van der Waals surface area contributed by atoms with E-state index in [1.165, 1.54) is 0 Å². The summed E-state index contributed by atoms with van der Waals surface area (Å²) < 4.78 is 38.8. The van der Waals surface area contributed by atoms with Crippen molar-refractivity contribution in [1.29, 1.82) is 0 Å². The number of aromatic hydroxyl groups is 1. The Morgan fingerprint density at radius 2 is 2.00 bits per heavy atom. The van der Waals surface area contributed by atoms with Gasteiger partial charge in [0.15, 0.2) is 11.4 Å². The first-order chi connectivity index (χ1) is 6.83. The van der Waals surface area contributed by atoms with Crippen LogP contribution in [0.2, 0.25) is 5.02 Å². The number of phenols is 1. The van der Waals surface area contributed by atoms with E-state index in [0.29, 0.717) is 6.07 Å². The highest BCUT2D eigenvalue weighted by atomic mass is 35.5. The molecule has 0 fully saturated rings. The highest BCUT2D eigenvalue weighted by molar-refractivity contribution is 6.32. The van der Waals surface area contributed by atoms with Crippen LogP contribution in [0.25, 0.3) is 0 Å². The van der Waals surface area contributed by atoms with E-state index in [-0.39, 0.29) is 0 Å². The molecule has 0 radical (unpaired) electrons.